The van der Waals surface area contributed by atoms with Crippen LogP contribution < -0.4 is 5.32 Å². The number of likely N-dealkylation sites (N-methyl/N-ethyl adjacent to an activating group) is 1. The number of hydrogen-bond donors (Lipinski definition) is 1. The average molecular weight is 273 g/mol. The Morgan fingerprint density at radius 2 is 1.80 bits per heavy atom. The maximum atomic E-state index is 3.24. The van der Waals surface area contributed by atoms with Crippen LogP contribution in [0.5, 0.6) is 0 Å². The van der Waals surface area contributed by atoms with Crippen molar-refractivity contribution in [3.05, 3.63) is 35.4 Å². The van der Waals surface area contributed by atoms with Crippen molar-refractivity contribution in [3.8, 4) is 0 Å². The molecule has 1 fully saturated rings. The average Bonchev–Trinajstić information content (AvgIpc) is 2.45. The van der Waals surface area contributed by atoms with Gasteiger partial charge in [0.15, 0.2) is 0 Å². The van der Waals surface area contributed by atoms with Crippen LogP contribution in [0.4, 0.5) is 0 Å². The summed E-state index contributed by atoms with van der Waals surface area (Å²) in [5, 5.41) is 3.24. The van der Waals surface area contributed by atoms with Gasteiger partial charge in [0.05, 0.1) is 0 Å². The number of nitrogens with one attached hydrogen (secondary N) is 1. The molecule has 0 atom stereocenters. The van der Waals surface area contributed by atoms with E-state index in [1.165, 1.54) is 31.2 Å². The van der Waals surface area contributed by atoms with Crippen molar-refractivity contribution in [1.82, 2.24) is 5.32 Å². The van der Waals surface area contributed by atoms with Gasteiger partial charge in [-0.2, -0.15) is 0 Å². The van der Waals surface area contributed by atoms with Crippen molar-refractivity contribution < 1.29 is 0 Å². The number of hydrogen-bond acceptors (Lipinski definition) is 1. The monoisotopic (exact) mass is 273 g/mol. The second-order valence-electron chi connectivity index (χ2n) is 7.51. The van der Waals surface area contributed by atoms with Crippen LogP contribution in [0.15, 0.2) is 24.3 Å². The molecule has 1 N–H and O–H groups in total. The van der Waals surface area contributed by atoms with Gasteiger partial charge in [0, 0.05) is 0 Å². The van der Waals surface area contributed by atoms with Gasteiger partial charge < -0.3 is 5.32 Å². The molecule has 1 aromatic rings. The van der Waals surface area contributed by atoms with Crippen LogP contribution in [0.2, 0.25) is 0 Å². The second kappa shape index (κ2) is 6.76. The molecular weight excluding hydrogens is 242 g/mol. The molecule has 1 aromatic carbocycles. The SMILES string of the molecule is CNCCc1cccc(C2CCC(C(C)(C)C)CC2)c1. The first-order valence-corrected chi connectivity index (χ1v) is 8.24. The largest absolute Gasteiger partial charge is 0.319 e. The van der Waals surface area contributed by atoms with Gasteiger partial charge in [-0.25, -0.2) is 0 Å². The van der Waals surface area contributed by atoms with Gasteiger partial charge in [-0.1, -0.05) is 45.0 Å². The molecule has 2 rings (SSSR count). The summed E-state index contributed by atoms with van der Waals surface area (Å²) in [6.07, 6.45) is 6.68. The van der Waals surface area contributed by atoms with Crippen molar-refractivity contribution >= 4 is 0 Å². The van der Waals surface area contributed by atoms with Gasteiger partial charge in [-0.05, 0) is 74.1 Å². The van der Waals surface area contributed by atoms with Crippen LogP contribution in [0, 0.1) is 11.3 Å². The zero-order chi connectivity index (χ0) is 14.6. The molecule has 0 amide bonds. The van der Waals surface area contributed by atoms with Gasteiger partial charge in [0.1, 0.15) is 0 Å². The number of rotatable bonds is 4. The molecule has 0 aliphatic heterocycles. The molecule has 112 valence electrons. The summed E-state index contributed by atoms with van der Waals surface area (Å²) in [4.78, 5) is 0. The molecule has 20 heavy (non-hydrogen) atoms. The molecular formula is C19H31N. The third-order valence-corrected chi connectivity index (χ3v) is 5.04. The maximum absolute atomic E-state index is 3.24. The fourth-order valence-corrected chi connectivity index (χ4v) is 3.56. The molecule has 0 spiro atoms. The van der Waals surface area contributed by atoms with E-state index in [0.29, 0.717) is 5.41 Å². The third kappa shape index (κ3) is 4.09. The van der Waals surface area contributed by atoms with E-state index in [4.69, 9.17) is 0 Å². The second-order valence-corrected chi connectivity index (χ2v) is 7.51. The molecule has 0 radical (unpaired) electrons. The summed E-state index contributed by atoms with van der Waals surface area (Å²) in [5.41, 5.74) is 3.54. The van der Waals surface area contributed by atoms with Crippen LogP contribution in [-0.4, -0.2) is 13.6 Å². The van der Waals surface area contributed by atoms with E-state index in [1.807, 2.05) is 7.05 Å². The highest BCUT2D eigenvalue weighted by Crippen LogP contribution is 2.43. The summed E-state index contributed by atoms with van der Waals surface area (Å²) < 4.78 is 0. The normalized spacial score (nSPS) is 23.8. The molecule has 0 bridgehead atoms. The summed E-state index contributed by atoms with van der Waals surface area (Å²) in [6.45, 7) is 8.27. The first-order valence-electron chi connectivity index (χ1n) is 8.24. The van der Waals surface area contributed by atoms with Gasteiger partial charge in [-0.3, -0.25) is 0 Å². The van der Waals surface area contributed by atoms with Gasteiger partial charge in [0.2, 0.25) is 0 Å². The Hall–Kier alpha value is -0.820. The van der Waals surface area contributed by atoms with E-state index in [-0.39, 0.29) is 0 Å². The lowest BCUT2D eigenvalue weighted by molar-refractivity contribution is 0.169. The van der Waals surface area contributed by atoms with Crippen LogP contribution in [0.1, 0.15) is 63.5 Å². The highest BCUT2D eigenvalue weighted by atomic mass is 14.8. The third-order valence-electron chi connectivity index (χ3n) is 5.04. The Morgan fingerprint density at radius 3 is 2.40 bits per heavy atom. The van der Waals surface area contributed by atoms with Crippen molar-refractivity contribution in [1.29, 1.82) is 0 Å². The fourth-order valence-electron chi connectivity index (χ4n) is 3.56. The Labute approximate surface area is 125 Å². The highest BCUT2D eigenvalue weighted by Gasteiger charge is 2.30. The van der Waals surface area contributed by atoms with E-state index < -0.39 is 0 Å². The number of benzene rings is 1. The van der Waals surface area contributed by atoms with E-state index in [1.54, 1.807) is 5.56 Å². The van der Waals surface area contributed by atoms with Crippen LogP contribution in [0.3, 0.4) is 0 Å². The summed E-state index contributed by atoms with van der Waals surface area (Å²) in [5.74, 6) is 1.70. The molecule has 1 aliphatic rings. The van der Waals surface area contributed by atoms with E-state index >= 15 is 0 Å². The Bertz CT molecular complexity index is 408. The quantitative estimate of drug-likeness (QED) is 0.833. The summed E-state index contributed by atoms with van der Waals surface area (Å²) >= 11 is 0. The zero-order valence-corrected chi connectivity index (χ0v) is 13.7. The first kappa shape index (κ1) is 15.6. The molecule has 1 nitrogen and oxygen atoms in total. The molecule has 0 unspecified atom stereocenters. The van der Waals surface area contributed by atoms with E-state index in [9.17, 15) is 0 Å². The van der Waals surface area contributed by atoms with Crippen molar-refractivity contribution in [3.63, 3.8) is 0 Å². The highest BCUT2D eigenvalue weighted by molar-refractivity contribution is 5.27. The van der Waals surface area contributed by atoms with Gasteiger partial charge in [-0.15, -0.1) is 0 Å². The Kier molecular flexibility index (Phi) is 5.26. The molecule has 0 saturated heterocycles. The van der Waals surface area contributed by atoms with Crippen LogP contribution in [0.25, 0.3) is 0 Å². The smallest absolute Gasteiger partial charge is 0.00114 e. The van der Waals surface area contributed by atoms with Crippen molar-refractivity contribution in [2.75, 3.05) is 13.6 Å². The standard InChI is InChI=1S/C19H31N/c1-19(2,3)18-10-8-16(9-11-18)17-7-5-6-15(14-17)12-13-20-4/h5-7,14,16,18,20H,8-13H2,1-4H3. The van der Waals surface area contributed by atoms with Gasteiger partial charge in [0.25, 0.3) is 0 Å². The van der Waals surface area contributed by atoms with E-state index in [0.717, 1.165) is 24.8 Å². The minimum atomic E-state index is 0.486. The van der Waals surface area contributed by atoms with Crippen LogP contribution in [-0.2, 0) is 6.42 Å². The lowest BCUT2D eigenvalue weighted by Crippen LogP contribution is -2.25. The molecule has 0 heterocycles. The minimum absolute atomic E-state index is 0.486. The lowest BCUT2D eigenvalue weighted by Gasteiger charge is -2.37. The fraction of sp³-hybridized carbons (Fsp3) is 0.684. The van der Waals surface area contributed by atoms with Gasteiger partial charge >= 0.3 is 0 Å². The van der Waals surface area contributed by atoms with Crippen molar-refractivity contribution in [2.45, 2.75) is 58.8 Å². The maximum Gasteiger partial charge on any atom is -0.00114 e. The molecule has 1 aliphatic carbocycles. The molecule has 1 saturated carbocycles. The Balaban J connectivity index is 1.96. The molecule has 0 aromatic heterocycles. The topological polar surface area (TPSA) is 12.0 Å². The summed E-state index contributed by atoms with van der Waals surface area (Å²) in [7, 11) is 2.03. The summed E-state index contributed by atoms with van der Waals surface area (Å²) in [6, 6.07) is 9.29. The lowest BCUT2D eigenvalue weighted by atomic mass is 9.68. The van der Waals surface area contributed by atoms with Crippen LogP contribution >= 0.6 is 0 Å². The predicted octanol–water partition coefficient (Wildman–Crippen LogP) is 4.77. The Morgan fingerprint density at radius 1 is 1.10 bits per heavy atom. The first-order chi connectivity index (χ1) is 9.50. The minimum Gasteiger partial charge on any atom is -0.319 e. The van der Waals surface area contributed by atoms with Crippen molar-refractivity contribution in [2.24, 2.45) is 11.3 Å². The zero-order valence-electron chi connectivity index (χ0n) is 13.7. The molecule has 1 heteroatoms. The van der Waals surface area contributed by atoms with E-state index in [2.05, 4.69) is 50.4 Å². The predicted molar refractivity (Wildman–Crippen MR) is 88.2 cm³/mol.